The van der Waals surface area contributed by atoms with Crippen LogP contribution in [0.5, 0.6) is 0 Å². The fourth-order valence-corrected chi connectivity index (χ4v) is 1.59. The van der Waals surface area contributed by atoms with Gasteiger partial charge in [-0.05, 0) is 24.3 Å². The predicted molar refractivity (Wildman–Crippen MR) is 57.7 cm³/mol. The quantitative estimate of drug-likeness (QED) is 0.594. The van der Waals surface area contributed by atoms with Gasteiger partial charge in [-0.1, -0.05) is 6.07 Å². The Kier molecular flexibility index (Phi) is 1.75. The van der Waals surface area contributed by atoms with Crippen LogP contribution in [-0.2, 0) is 0 Å². The van der Waals surface area contributed by atoms with Gasteiger partial charge in [-0.3, -0.25) is 4.98 Å². The van der Waals surface area contributed by atoms with Crippen molar-refractivity contribution in [2.24, 2.45) is 0 Å². The molecule has 0 fully saturated rings. The summed E-state index contributed by atoms with van der Waals surface area (Å²) in [4.78, 5) is 8.17. The van der Waals surface area contributed by atoms with E-state index in [0.29, 0.717) is 0 Å². The van der Waals surface area contributed by atoms with Crippen molar-refractivity contribution >= 4 is 10.9 Å². The van der Waals surface area contributed by atoms with Crippen molar-refractivity contribution in [3.05, 3.63) is 55.2 Å². The third kappa shape index (κ3) is 1.38. The molecule has 0 aliphatic rings. The molecule has 1 aromatic carbocycles. The van der Waals surface area contributed by atoms with Crippen LogP contribution in [0.25, 0.3) is 16.6 Å². The Hall–Kier alpha value is -2.16. The van der Waals surface area contributed by atoms with Crippen LogP contribution in [0.4, 0.5) is 0 Å². The molecule has 0 saturated carbocycles. The highest BCUT2D eigenvalue weighted by atomic mass is 15.0. The standard InChI is InChI=1S/C12H8N3/c1-2-10-8-11(15-7-6-13-9-15)3-4-12(10)14-5-1/h1-5,7-9H. The summed E-state index contributed by atoms with van der Waals surface area (Å²) in [5.74, 6) is 0. The first-order chi connectivity index (χ1) is 7.43. The van der Waals surface area contributed by atoms with Crippen LogP contribution in [0, 0.1) is 6.20 Å². The molecular formula is C12H8N3. The minimum atomic E-state index is 1.00. The number of hydrogen-bond donors (Lipinski definition) is 0. The van der Waals surface area contributed by atoms with Crippen molar-refractivity contribution in [2.45, 2.75) is 0 Å². The van der Waals surface area contributed by atoms with E-state index in [4.69, 9.17) is 0 Å². The first-order valence-corrected chi connectivity index (χ1v) is 4.69. The Morgan fingerprint density at radius 1 is 1.20 bits per heavy atom. The van der Waals surface area contributed by atoms with Gasteiger partial charge in [0.2, 0.25) is 0 Å². The second kappa shape index (κ2) is 3.20. The molecule has 0 atom stereocenters. The van der Waals surface area contributed by atoms with Crippen molar-refractivity contribution in [1.82, 2.24) is 14.5 Å². The first-order valence-electron chi connectivity index (χ1n) is 4.69. The average Bonchev–Trinajstić information content (AvgIpc) is 2.82. The van der Waals surface area contributed by atoms with Crippen LogP contribution in [0.3, 0.4) is 0 Å². The van der Waals surface area contributed by atoms with Crippen molar-refractivity contribution < 1.29 is 0 Å². The van der Waals surface area contributed by atoms with Crippen LogP contribution in [0.1, 0.15) is 0 Å². The first kappa shape index (κ1) is 8.17. The van der Waals surface area contributed by atoms with Gasteiger partial charge >= 0.3 is 0 Å². The molecule has 1 radical (unpaired) electrons. The third-order valence-electron chi connectivity index (χ3n) is 2.34. The molecule has 0 aliphatic carbocycles. The van der Waals surface area contributed by atoms with Crippen molar-refractivity contribution in [3.63, 3.8) is 0 Å². The fraction of sp³-hybridized carbons (Fsp3) is 0. The number of hydrogen-bond acceptors (Lipinski definition) is 2. The number of nitrogens with zero attached hydrogens (tertiary/aromatic N) is 3. The van der Waals surface area contributed by atoms with Gasteiger partial charge in [0.15, 0.2) is 0 Å². The zero-order valence-corrected chi connectivity index (χ0v) is 7.96. The monoisotopic (exact) mass is 194 g/mol. The summed E-state index contributed by atoms with van der Waals surface area (Å²) in [5.41, 5.74) is 2.08. The molecule has 2 heterocycles. The highest BCUT2D eigenvalue weighted by Crippen LogP contribution is 2.15. The van der Waals surface area contributed by atoms with E-state index >= 15 is 0 Å². The predicted octanol–water partition coefficient (Wildman–Crippen LogP) is 2.22. The van der Waals surface area contributed by atoms with Gasteiger partial charge in [0.1, 0.15) is 6.20 Å². The molecule has 0 saturated heterocycles. The molecular weight excluding hydrogens is 186 g/mol. The van der Waals surface area contributed by atoms with Gasteiger partial charge in [0, 0.05) is 23.5 Å². The van der Waals surface area contributed by atoms with E-state index < -0.39 is 0 Å². The fourth-order valence-electron chi connectivity index (χ4n) is 1.59. The van der Waals surface area contributed by atoms with Crippen LogP contribution >= 0.6 is 0 Å². The maximum Gasteiger partial charge on any atom is 0.109 e. The number of pyridine rings is 1. The summed E-state index contributed by atoms with van der Waals surface area (Å²) in [5, 5.41) is 1.13. The van der Waals surface area contributed by atoms with Crippen LogP contribution in [-0.4, -0.2) is 14.5 Å². The molecule has 3 aromatic rings. The number of aromatic nitrogens is 3. The van der Waals surface area contributed by atoms with Crippen LogP contribution in [0.2, 0.25) is 0 Å². The van der Waals surface area contributed by atoms with Gasteiger partial charge in [-0.25, -0.2) is 4.98 Å². The molecule has 15 heavy (non-hydrogen) atoms. The summed E-state index contributed by atoms with van der Waals surface area (Å²) in [7, 11) is 0. The van der Waals surface area contributed by atoms with E-state index in [1.165, 1.54) is 0 Å². The van der Waals surface area contributed by atoms with Crippen LogP contribution < -0.4 is 0 Å². The highest BCUT2D eigenvalue weighted by molar-refractivity contribution is 5.80. The Balaban J connectivity index is 2.22. The lowest BCUT2D eigenvalue weighted by Crippen LogP contribution is -1.89. The summed E-state index contributed by atoms with van der Waals surface area (Å²) >= 11 is 0. The number of rotatable bonds is 1. The van der Waals surface area contributed by atoms with E-state index in [9.17, 15) is 0 Å². The maximum absolute atomic E-state index is 4.27. The molecule has 0 N–H and O–H groups in total. The van der Waals surface area contributed by atoms with Crippen LogP contribution in [0.15, 0.2) is 49.1 Å². The minimum Gasteiger partial charge on any atom is -0.306 e. The molecule has 0 aliphatic heterocycles. The average molecular weight is 194 g/mol. The molecule has 0 unspecified atom stereocenters. The van der Waals surface area contributed by atoms with E-state index in [0.717, 1.165) is 16.6 Å². The minimum absolute atomic E-state index is 1.00. The molecule has 2 aromatic heterocycles. The molecule has 3 rings (SSSR count). The second-order valence-electron chi connectivity index (χ2n) is 3.29. The summed E-state index contributed by atoms with van der Waals surface area (Å²) in [6.07, 6.45) is 8.11. The van der Waals surface area contributed by atoms with Gasteiger partial charge in [-0.2, -0.15) is 0 Å². The lowest BCUT2D eigenvalue weighted by molar-refractivity contribution is 1.06. The van der Waals surface area contributed by atoms with E-state index in [-0.39, 0.29) is 0 Å². The zero-order valence-electron chi connectivity index (χ0n) is 7.96. The highest BCUT2D eigenvalue weighted by Gasteiger charge is 1.97. The number of imidazole rings is 1. The number of benzene rings is 1. The Morgan fingerprint density at radius 2 is 2.20 bits per heavy atom. The molecule has 0 spiro atoms. The Bertz CT molecular complexity index is 585. The molecule has 3 nitrogen and oxygen atoms in total. The summed E-state index contributed by atoms with van der Waals surface area (Å²) < 4.78 is 1.92. The smallest absolute Gasteiger partial charge is 0.109 e. The van der Waals surface area contributed by atoms with Gasteiger partial charge in [0.05, 0.1) is 11.8 Å². The molecule has 3 heteroatoms. The number of fused-ring (bicyclic) bond motifs is 1. The van der Waals surface area contributed by atoms with Gasteiger partial charge in [0.25, 0.3) is 0 Å². The van der Waals surface area contributed by atoms with Crippen molar-refractivity contribution in [1.29, 1.82) is 0 Å². The molecule has 0 bridgehead atoms. The van der Waals surface area contributed by atoms with E-state index in [1.807, 2.05) is 28.8 Å². The lowest BCUT2D eigenvalue weighted by atomic mass is 10.2. The SMILES string of the molecule is [c]1cn(-c2ccc3ncccc3c2)cn1. The summed E-state index contributed by atoms with van der Waals surface area (Å²) in [6, 6.07) is 10.1. The normalized spacial score (nSPS) is 10.7. The largest absolute Gasteiger partial charge is 0.306 e. The molecule has 0 amide bonds. The summed E-state index contributed by atoms with van der Waals surface area (Å²) in [6.45, 7) is 0. The topological polar surface area (TPSA) is 30.7 Å². The lowest BCUT2D eigenvalue weighted by Gasteiger charge is -2.03. The van der Waals surface area contributed by atoms with E-state index in [1.54, 1.807) is 18.7 Å². The maximum atomic E-state index is 4.27. The van der Waals surface area contributed by atoms with E-state index in [2.05, 4.69) is 22.2 Å². The van der Waals surface area contributed by atoms with Gasteiger partial charge < -0.3 is 4.57 Å². The second-order valence-corrected chi connectivity index (χ2v) is 3.29. The Labute approximate surface area is 87.0 Å². The van der Waals surface area contributed by atoms with Gasteiger partial charge in [-0.15, -0.1) is 0 Å². The zero-order chi connectivity index (χ0) is 10.1. The molecule has 71 valence electrons. The van der Waals surface area contributed by atoms with Crippen molar-refractivity contribution in [3.8, 4) is 5.69 Å². The third-order valence-corrected chi connectivity index (χ3v) is 2.34. The van der Waals surface area contributed by atoms with Crippen molar-refractivity contribution in [2.75, 3.05) is 0 Å². The Morgan fingerprint density at radius 3 is 3.07 bits per heavy atom.